The van der Waals surface area contributed by atoms with Crippen molar-refractivity contribution >= 4 is 0 Å². The molecule has 150 valence electrons. The molecule has 0 bridgehead atoms. The van der Waals surface area contributed by atoms with Gasteiger partial charge in [0.1, 0.15) is 0 Å². The summed E-state index contributed by atoms with van der Waals surface area (Å²) in [5.74, 6) is 0. The Balaban J connectivity index is 3.18. The third kappa shape index (κ3) is 6.54. The van der Waals surface area contributed by atoms with Crippen LogP contribution in [0.25, 0.3) is 0 Å². The summed E-state index contributed by atoms with van der Waals surface area (Å²) in [5, 5.41) is 11.2. The molecule has 0 amide bonds. The normalized spacial score (nSPS) is 27.4. The van der Waals surface area contributed by atoms with Crippen LogP contribution in [-0.4, -0.2) is 34.2 Å². The molecule has 2 atom stereocenters. The zero-order valence-corrected chi connectivity index (χ0v) is 19.0. The van der Waals surface area contributed by atoms with E-state index in [4.69, 9.17) is 0 Å². The lowest BCUT2D eigenvalue weighted by molar-refractivity contribution is -0.0397. The molecule has 0 aromatic carbocycles. The summed E-state index contributed by atoms with van der Waals surface area (Å²) in [6.45, 7) is 24.7. The first-order chi connectivity index (χ1) is 11.1. The highest BCUT2D eigenvalue weighted by Crippen LogP contribution is 2.47. The van der Waals surface area contributed by atoms with Crippen LogP contribution in [0.4, 0.5) is 0 Å². The van der Waals surface area contributed by atoms with Gasteiger partial charge < -0.3 is 5.11 Å². The molecule has 1 rings (SSSR count). The topological polar surface area (TPSA) is 23.5 Å². The monoisotopic (exact) mass is 353 g/mol. The fraction of sp³-hybridized carbons (Fsp3) is 1.00. The van der Waals surface area contributed by atoms with Gasteiger partial charge in [0.2, 0.25) is 0 Å². The Kier molecular flexibility index (Phi) is 7.24. The molecule has 0 aliphatic heterocycles. The molecule has 2 nitrogen and oxygen atoms in total. The maximum Gasteiger partial charge on any atom is 0.0700 e. The fourth-order valence-corrected chi connectivity index (χ4v) is 5.72. The van der Waals surface area contributed by atoms with Crippen molar-refractivity contribution in [1.82, 2.24) is 4.90 Å². The summed E-state index contributed by atoms with van der Waals surface area (Å²) in [7, 11) is 0. The first-order valence-corrected chi connectivity index (χ1v) is 10.6. The van der Waals surface area contributed by atoms with E-state index in [-0.39, 0.29) is 28.5 Å². The molecule has 0 spiro atoms. The van der Waals surface area contributed by atoms with Gasteiger partial charge in [-0.25, -0.2) is 0 Å². The first kappa shape index (κ1) is 23.0. The van der Waals surface area contributed by atoms with E-state index in [2.05, 4.69) is 74.1 Å². The predicted molar refractivity (Wildman–Crippen MR) is 111 cm³/mol. The van der Waals surface area contributed by atoms with Crippen molar-refractivity contribution in [3.05, 3.63) is 0 Å². The Hall–Kier alpha value is -0.0800. The molecule has 1 fully saturated rings. The van der Waals surface area contributed by atoms with Gasteiger partial charge in [-0.2, -0.15) is 0 Å². The number of hydrogen-bond acceptors (Lipinski definition) is 2. The van der Waals surface area contributed by atoms with E-state index in [1.165, 1.54) is 19.3 Å². The maximum atomic E-state index is 11.2. The largest absolute Gasteiger partial charge is 0.391 e. The van der Waals surface area contributed by atoms with Crippen molar-refractivity contribution in [2.75, 3.05) is 6.54 Å². The maximum absolute atomic E-state index is 11.2. The Labute approximate surface area is 158 Å². The number of hydrogen-bond donors (Lipinski definition) is 1. The second kappa shape index (κ2) is 7.89. The highest BCUT2D eigenvalue weighted by atomic mass is 16.3. The number of aliphatic hydroxyl groups excluding tert-OH is 1. The van der Waals surface area contributed by atoms with Crippen molar-refractivity contribution in [2.45, 2.75) is 125 Å². The molecule has 0 radical (unpaired) electrons. The molecule has 0 aromatic heterocycles. The molecular formula is C23H47NO. The third-order valence-corrected chi connectivity index (χ3v) is 6.44. The Morgan fingerprint density at radius 1 is 0.960 bits per heavy atom. The number of nitrogens with zero attached hydrogens (tertiary/aromatic N) is 1. The van der Waals surface area contributed by atoms with E-state index in [1.807, 2.05) is 0 Å². The smallest absolute Gasteiger partial charge is 0.0700 e. The molecule has 0 heterocycles. The molecule has 0 aromatic rings. The van der Waals surface area contributed by atoms with E-state index >= 15 is 0 Å². The van der Waals surface area contributed by atoms with Gasteiger partial charge in [0.25, 0.3) is 0 Å². The average molecular weight is 354 g/mol. The lowest BCUT2D eigenvalue weighted by Crippen LogP contribution is -2.56. The molecule has 25 heavy (non-hydrogen) atoms. The summed E-state index contributed by atoms with van der Waals surface area (Å²) >= 11 is 0. The Morgan fingerprint density at radius 2 is 1.48 bits per heavy atom. The van der Waals surface area contributed by atoms with Gasteiger partial charge >= 0.3 is 0 Å². The molecule has 2 unspecified atom stereocenters. The summed E-state index contributed by atoms with van der Waals surface area (Å²) in [6.07, 6.45) is 6.47. The van der Waals surface area contributed by atoms with Gasteiger partial charge in [-0.15, -0.1) is 0 Å². The van der Waals surface area contributed by atoms with Crippen LogP contribution < -0.4 is 0 Å². The van der Waals surface area contributed by atoms with Crippen LogP contribution in [0.3, 0.4) is 0 Å². The highest BCUT2D eigenvalue weighted by molar-refractivity contribution is 4.99. The lowest BCUT2D eigenvalue weighted by atomic mass is 9.73. The van der Waals surface area contributed by atoms with E-state index in [0.717, 1.165) is 25.8 Å². The van der Waals surface area contributed by atoms with Crippen LogP contribution in [0.5, 0.6) is 0 Å². The third-order valence-electron chi connectivity index (χ3n) is 6.44. The highest BCUT2D eigenvalue weighted by Gasteiger charge is 2.45. The molecule has 0 saturated heterocycles. The van der Waals surface area contributed by atoms with Gasteiger partial charge in [0, 0.05) is 11.6 Å². The van der Waals surface area contributed by atoms with Crippen molar-refractivity contribution in [3.8, 4) is 0 Å². The molecule has 1 aliphatic carbocycles. The average Bonchev–Trinajstić information content (AvgIpc) is 2.46. The minimum Gasteiger partial charge on any atom is -0.391 e. The number of aliphatic hydroxyl groups is 1. The van der Waals surface area contributed by atoms with Crippen LogP contribution in [0.2, 0.25) is 0 Å². The predicted octanol–water partition coefficient (Wildman–Crippen LogP) is 6.27. The van der Waals surface area contributed by atoms with E-state index in [9.17, 15) is 5.11 Å². The molecule has 2 heteroatoms. The van der Waals surface area contributed by atoms with Gasteiger partial charge in [0.05, 0.1) is 6.10 Å². The molecular weight excluding hydrogens is 306 g/mol. The van der Waals surface area contributed by atoms with Gasteiger partial charge in [-0.05, 0) is 68.7 Å². The molecule has 1 saturated carbocycles. The van der Waals surface area contributed by atoms with E-state index in [1.54, 1.807) is 0 Å². The lowest BCUT2D eigenvalue weighted by Gasteiger charge is -2.49. The van der Waals surface area contributed by atoms with Crippen LogP contribution in [0, 0.1) is 16.2 Å². The van der Waals surface area contributed by atoms with E-state index in [0.29, 0.717) is 5.41 Å². The zero-order valence-electron chi connectivity index (χ0n) is 19.0. The second-order valence-electron chi connectivity index (χ2n) is 11.7. The van der Waals surface area contributed by atoms with Crippen LogP contribution in [0.1, 0.15) is 108 Å². The summed E-state index contributed by atoms with van der Waals surface area (Å²) in [6, 6.07) is 0.263. The summed E-state index contributed by atoms with van der Waals surface area (Å²) in [5.41, 5.74) is 0.919. The minimum absolute atomic E-state index is 0.103. The summed E-state index contributed by atoms with van der Waals surface area (Å²) < 4.78 is 0. The van der Waals surface area contributed by atoms with Crippen molar-refractivity contribution in [1.29, 1.82) is 0 Å². The Morgan fingerprint density at radius 3 is 1.96 bits per heavy atom. The van der Waals surface area contributed by atoms with E-state index < -0.39 is 0 Å². The number of rotatable bonds is 7. The zero-order chi connectivity index (χ0) is 19.7. The standard InChI is InChI=1S/C23H47NO/c1-11-13-24(23(9,10)17-20(3,4)12-2)18-14-21(5,6)16-22(7,8)15-19(18)25/h18-19,25H,11-17H2,1-10H3. The van der Waals surface area contributed by atoms with Gasteiger partial charge in [-0.3, -0.25) is 4.90 Å². The summed E-state index contributed by atoms with van der Waals surface area (Å²) in [4.78, 5) is 2.66. The molecule has 1 aliphatic rings. The van der Waals surface area contributed by atoms with Crippen LogP contribution >= 0.6 is 0 Å². The quantitative estimate of drug-likeness (QED) is 0.545. The van der Waals surface area contributed by atoms with Crippen LogP contribution in [-0.2, 0) is 0 Å². The second-order valence-corrected chi connectivity index (χ2v) is 11.7. The minimum atomic E-state index is -0.229. The fourth-order valence-electron chi connectivity index (χ4n) is 5.72. The SMILES string of the molecule is CCCN(C1CC(C)(C)CC(C)(C)CC1O)C(C)(C)CC(C)(C)CC. The van der Waals surface area contributed by atoms with Crippen LogP contribution in [0.15, 0.2) is 0 Å². The van der Waals surface area contributed by atoms with Crippen molar-refractivity contribution in [3.63, 3.8) is 0 Å². The van der Waals surface area contributed by atoms with Crippen molar-refractivity contribution in [2.24, 2.45) is 16.2 Å². The van der Waals surface area contributed by atoms with Crippen molar-refractivity contribution < 1.29 is 5.11 Å². The Bertz CT molecular complexity index is 422. The first-order valence-electron chi connectivity index (χ1n) is 10.6. The molecule has 1 N–H and O–H groups in total. The van der Waals surface area contributed by atoms with Gasteiger partial charge in [0.15, 0.2) is 0 Å². The van der Waals surface area contributed by atoms with Gasteiger partial charge in [-0.1, -0.05) is 61.8 Å².